The molecule has 0 atom stereocenters. The zero-order valence-corrected chi connectivity index (χ0v) is 14.5. The monoisotopic (exact) mass is 373 g/mol. The second-order valence-corrected chi connectivity index (χ2v) is 6.75. The fourth-order valence-electron chi connectivity index (χ4n) is 3.77. The topological polar surface area (TPSA) is 49.0 Å². The van der Waals surface area contributed by atoms with E-state index >= 15 is 0 Å². The minimum atomic E-state index is -4.54. The van der Waals surface area contributed by atoms with E-state index < -0.39 is 17.6 Å². The summed E-state index contributed by atoms with van der Waals surface area (Å²) >= 11 is 0. The van der Waals surface area contributed by atoms with E-state index in [1.807, 2.05) is 18.3 Å². The van der Waals surface area contributed by atoms with Crippen LogP contribution in [0.4, 0.5) is 13.2 Å². The lowest BCUT2D eigenvalue weighted by Gasteiger charge is -2.32. The Morgan fingerprint density at radius 2 is 1.85 bits per heavy atom. The number of hydrogen-bond acceptors (Lipinski definition) is 2. The third-order valence-electron chi connectivity index (χ3n) is 5.15. The average Bonchev–Trinajstić information content (AvgIpc) is 3.11. The van der Waals surface area contributed by atoms with E-state index in [0.717, 1.165) is 22.7 Å². The zero-order valence-electron chi connectivity index (χ0n) is 14.5. The van der Waals surface area contributed by atoms with Crippen LogP contribution < -0.4 is 0 Å². The van der Waals surface area contributed by atoms with E-state index in [4.69, 9.17) is 0 Å². The van der Waals surface area contributed by atoms with Crippen molar-refractivity contribution in [1.29, 1.82) is 0 Å². The summed E-state index contributed by atoms with van der Waals surface area (Å²) in [7, 11) is 0. The molecule has 0 spiro atoms. The summed E-state index contributed by atoms with van der Waals surface area (Å²) in [6.07, 6.45) is 0.540. The molecule has 1 amide bonds. The number of rotatable bonds is 2. The van der Waals surface area contributed by atoms with Crippen LogP contribution >= 0.6 is 0 Å². The number of nitrogens with one attached hydrogen (secondary N) is 1. The maximum absolute atomic E-state index is 13.2. The predicted octanol–water partition coefficient (Wildman–Crippen LogP) is 4.60. The van der Waals surface area contributed by atoms with Gasteiger partial charge in [0, 0.05) is 25.5 Å². The molecule has 1 N–H and O–H groups in total. The number of piperidine rings is 1. The number of benzene rings is 1. The fourth-order valence-corrected chi connectivity index (χ4v) is 3.77. The molecule has 1 fully saturated rings. The number of carbonyl (C=O) groups excluding carboxylic acids is 1. The van der Waals surface area contributed by atoms with Crippen molar-refractivity contribution in [3.63, 3.8) is 0 Å². The second-order valence-electron chi connectivity index (χ2n) is 6.75. The minimum absolute atomic E-state index is 0.232. The van der Waals surface area contributed by atoms with Crippen LogP contribution in [-0.4, -0.2) is 33.9 Å². The number of carbonyl (C=O) groups is 1. The first-order valence-electron chi connectivity index (χ1n) is 8.82. The summed E-state index contributed by atoms with van der Waals surface area (Å²) in [5.41, 5.74) is 1.83. The molecule has 140 valence electrons. The number of hydrogen-bond donors (Lipinski definition) is 1. The quantitative estimate of drug-likeness (QED) is 0.714. The summed E-state index contributed by atoms with van der Waals surface area (Å²) < 4.78 is 39.6. The molecular weight excluding hydrogens is 355 g/mol. The first-order chi connectivity index (χ1) is 12.9. The molecule has 0 saturated carbocycles. The number of fused-ring (bicyclic) bond motifs is 1. The van der Waals surface area contributed by atoms with Crippen molar-refractivity contribution in [2.24, 2.45) is 0 Å². The van der Waals surface area contributed by atoms with Crippen LogP contribution in [0.3, 0.4) is 0 Å². The van der Waals surface area contributed by atoms with Crippen LogP contribution in [0.15, 0.2) is 48.8 Å². The number of alkyl halides is 3. The van der Waals surface area contributed by atoms with Gasteiger partial charge in [-0.3, -0.25) is 9.78 Å². The van der Waals surface area contributed by atoms with Gasteiger partial charge in [0.1, 0.15) is 0 Å². The van der Waals surface area contributed by atoms with Gasteiger partial charge in [-0.2, -0.15) is 13.2 Å². The number of pyridine rings is 1. The Labute approximate surface area is 154 Å². The molecule has 0 bridgehead atoms. The predicted molar refractivity (Wildman–Crippen MR) is 95.4 cm³/mol. The highest BCUT2D eigenvalue weighted by Crippen LogP contribution is 2.35. The molecule has 3 heterocycles. The number of likely N-dealkylation sites (tertiary alicyclic amines) is 1. The van der Waals surface area contributed by atoms with Gasteiger partial charge in [0.15, 0.2) is 0 Å². The Morgan fingerprint density at radius 3 is 2.59 bits per heavy atom. The molecule has 4 nitrogen and oxygen atoms in total. The molecule has 0 aliphatic carbocycles. The molecule has 1 aliphatic heterocycles. The second kappa shape index (κ2) is 6.72. The molecule has 1 saturated heterocycles. The Kier molecular flexibility index (Phi) is 4.37. The number of halogens is 3. The molecule has 4 rings (SSSR count). The zero-order chi connectivity index (χ0) is 19.0. The van der Waals surface area contributed by atoms with Crippen LogP contribution in [0.1, 0.15) is 40.2 Å². The number of aromatic nitrogens is 2. The van der Waals surface area contributed by atoms with E-state index in [1.54, 1.807) is 6.20 Å². The van der Waals surface area contributed by atoms with Crippen LogP contribution in [-0.2, 0) is 6.18 Å². The van der Waals surface area contributed by atoms with Gasteiger partial charge >= 0.3 is 6.18 Å². The van der Waals surface area contributed by atoms with Crippen LogP contribution in [0, 0.1) is 0 Å². The summed E-state index contributed by atoms with van der Waals surface area (Å²) in [6, 6.07) is 8.79. The van der Waals surface area contributed by atoms with E-state index in [0.29, 0.717) is 25.9 Å². The standard InChI is InChI=1S/C20H18F3N3O/c21-20(22,23)16-5-2-1-4-14(16)19(27)26-10-7-13(8-11-26)15-12-25-17-6-3-9-24-18(15)17/h1-6,9,12-13,25H,7-8,10-11H2. The van der Waals surface area contributed by atoms with Crippen molar-refractivity contribution in [3.8, 4) is 0 Å². The van der Waals surface area contributed by atoms with Gasteiger partial charge in [-0.15, -0.1) is 0 Å². The highest BCUT2D eigenvalue weighted by Gasteiger charge is 2.36. The summed E-state index contributed by atoms with van der Waals surface area (Å²) in [5.74, 6) is -0.325. The van der Waals surface area contributed by atoms with Crippen molar-refractivity contribution in [2.75, 3.05) is 13.1 Å². The highest BCUT2D eigenvalue weighted by atomic mass is 19.4. The van der Waals surface area contributed by atoms with E-state index in [1.165, 1.54) is 23.1 Å². The van der Waals surface area contributed by atoms with Gasteiger partial charge in [-0.25, -0.2) is 0 Å². The van der Waals surface area contributed by atoms with Gasteiger partial charge in [0.2, 0.25) is 0 Å². The van der Waals surface area contributed by atoms with Crippen molar-refractivity contribution >= 4 is 16.9 Å². The molecule has 3 aromatic rings. The molecule has 0 unspecified atom stereocenters. The van der Waals surface area contributed by atoms with Crippen molar-refractivity contribution < 1.29 is 18.0 Å². The van der Waals surface area contributed by atoms with E-state index in [-0.39, 0.29) is 11.5 Å². The van der Waals surface area contributed by atoms with Gasteiger partial charge < -0.3 is 9.88 Å². The maximum atomic E-state index is 13.2. The van der Waals surface area contributed by atoms with Crippen LogP contribution in [0.5, 0.6) is 0 Å². The number of aromatic amines is 1. The average molecular weight is 373 g/mol. The fraction of sp³-hybridized carbons (Fsp3) is 0.300. The lowest BCUT2D eigenvalue weighted by Crippen LogP contribution is -2.38. The van der Waals surface area contributed by atoms with Crippen LogP contribution in [0.2, 0.25) is 0 Å². The molecule has 0 radical (unpaired) electrons. The molecule has 1 aliphatic rings. The Morgan fingerprint density at radius 1 is 1.11 bits per heavy atom. The van der Waals surface area contributed by atoms with E-state index in [2.05, 4.69) is 9.97 Å². The first-order valence-corrected chi connectivity index (χ1v) is 8.82. The Bertz CT molecular complexity index is 972. The normalized spacial score (nSPS) is 16.0. The number of amides is 1. The summed E-state index contributed by atoms with van der Waals surface area (Å²) in [5, 5.41) is 0. The highest BCUT2D eigenvalue weighted by molar-refractivity contribution is 5.96. The largest absolute Gasteiger partial charge is 0.417 e. The van der Waals surface area contributed by atoms with Gasteiger partial charge in [0.25, 0.3) is 5.91 Å². The summed E-state index contributed by atoms with van der Waals surface area (Å²) in [4.78, 5) is 21.8. The molecular formula is C20H18F3N3O. The third kappa shape index (κ3) is 3.29. The van der Waals surface area contributed by atoms with E-state index in [9.17, 15) is 18.0 Å². The Balaban J connectivity index is 1.51. The first kappa shape index (κ1) is 17.6. The van der Waals surface area contributed by atoms with Crippen molar-refractivity contribution in [3.05, 3.63) is 65.5 Å². The number of H-pyrrole nitrogens is 1. The third-order valence-corrected chi connectivity index (χ3v) is 5.15. The molecule has 1 aromatic carbocycles. The smallest absolute Gasteiger partial charge is 0.360 e. The SMILES string of the molecule is O=C(c1ccccc1C(F)(F)F)N1CCC(c2c[nH]c3cccnc23)CC1. The number of nitrogens with zero attached hydrogens (tertiary/aromatic N) is 2. The van der Waals surface area contributed by atoms with Gasteiger partial charge in [-0.05, 0) is 48.6 Å². The van der Waals surface area contributed by atoms with Gasteiger partial charge in [-0.1, -0.05) is 12.1 Å². The maximum Gasteiger partial charge on any atom is 0.417 e. The lowest BCUT2D eigenvalue weighted by molar-refractivity contribution is -0.138. The van der Waals surface area contributed by atoms with Gasteiger partial charge in [0.05, 0.1) is 22.2 Å². The summed E-state index contributed by atoms with van der Waals surface area (Å²) in [6.45, 7) is 0.852. The lowest BCUT2D eigenvalue weighted by atomic mass is 9.90. The van der Waals surface area contributed by atoms with Crippen molar-refractivity contribution in [1.82, 2.24) is 14.9 Å². The molecule has 7 heteroatoms. The molecule has 27 heavy (non-hydrogen) atoms. The van der Waals surface area contributed by atoms with Crippen molar-refractivity contribution in [2.45, 2.75) is 24.9 Å². The Hall–Kier alpha value is -2.83. The minimum Gasteiger partial charge on any atom is -0.360 e. The van der Waals surface area contributed by atoms with Crippen LogP contribution in [0.25, 0.3) is 11.0 Å². The molecule has 2 aromatic heterocycles.